The normalized spacial score (nSPS) is 20.4. The van der Waals surface area contributed by atoms with E-state index >= 15 is 0 Å². The second-order valence-electron chi connectivity index (χ2n) is 9.81. The van der Waals surface area contributed by atoms with Gasteiger partial charge in [-0.05, 0) is 57.2 Å². The molecule has 1 aromatic carbocycles. The van der Waals surface area contributed by atoms with Crippen molar-refractivity contribution < 1.29 is 18.0 Å². The summed E-state index contributed by atoms with van der Waals surface area (Å²) in [4.78, 5) is 27.8. The Morgan fingerprint density at radius 3 is 2.72 bits per heavy atom. The quantitative estimate of drug-likeness (QED) is 0.349. The van der Waals surface area contributed by atoms with Gasteiger partial charge in [-0.2, -0.15) is 4.98 Å². The van der Waals surface area contributed by atoms with E-state index in [1.54, 1.807) is 25.4 Å². The Labute approximate surface area is 205 Å². The van der Waals surface area contributed by atoms with Gasteiger partial charge in [-0.15, -0.1) is 0 Å². The summed E-state index contributed by atoms with van der Waals surface area (Å²) in [5.74, 6) is 0.222. The van der Waals surface area contributed by atoms with Gasteiger partial charge in [-0.25, -0.2) is 23.1 Å². The third kappa shape index (κ3) is 4.61. The van der Waals surface area contributed by atoms with Crippen molar-refractivity contribution in [1.29, 1.82) is 0 Å². The Bertz CT molecular complexity index is 1440. The number of benzene rings is 1. The first-order valence-electron chi connectivity index (χ1n) is 12.0. The molecular weight excluding hydrogens is 471 g/mol. The van der Waals surface area contributed by atoms with Gasteiger partial charge in [-0.3, -0.25) is 4.79 Å². The first kappa shape index (κ1) is 24.1. The van der Waals surface area contributed by atoms with E-state index in [2.05, 4.69) is 37.5 Å². The molecule has 0 aliphatic heterocycles. The van der Waals surface area contributed by atoms with E-state index in [0.29, 0.717) is 39.4 Å². The smallest absolute Gasteiger partial charge is 0.256 e. The van der Waals surface area contributed by atoms with Gasteiger partial charge in [0.2, 0.25) is 11.9 Å². The summed E-state index contributed by atoms with van der Waals surface area (Å²) in [5.41, 5.74) is 1.97. The molecule has 1 saturated carbocycles. The minimum Gasteiger partial charge on any atom is -0.351 e. The van der Waals surface area contributed by atoms with Gasteiger partial charge < -0.3 is 20.2 Å². The second-order valence-corrected chi connectivity index (χ2v) is 9.81. The molecule has 5 rings (SSSR count). The highest BCUT2D eigenvalue weighted by molar-refractivity contribution is 5.96. The number of nitrogens with zero attached hydrogens (tertiary/aromatic N) is 4. The number of aromatic amines is 1. The van der Waals surface area contributed by atoms with Gasteiger partial charge in [0.15, 0.2) is 5.82 Å². The molecule has 3 heterocycles. The molecule has 1 aliphatic carbocycles. The van der Waals surface area contributed by atoms with E-state index in [-0.39, 0.29) is 23.0 Å². The first-order valence-corrected chi connectivity index (χ1v) is 12.0. The van der Waals surface area contributed by atoms with E-state index < -0.39 is 18.8 Å². The Morgan fingerprint density at radius 2 is 2.03 bits per heavy atom. The van der Waals surface area contributed by atoms with Gasteiger partial charge in [0.25, 0.3) is 6.43 Å². The Hall–Kier alpha value is -3.63. The molecule has 190 valence electrons. The number of aryl methyl sites for hydroxylation is 1. The molecule has 0 unspecified atom stereocenters. The largest absolute Gasteiger partial charge is 0.351 e. The molecular formula is C25H28F3N7O. The number of anilines is 1. The van der Waals surface area contributed by atoms with Crippen molar-refractivity contribution in [3.63, 3.8) is 0 Å². The van der Waals surface area contributed by atoms with Gasteiger partial charge in [0.1, 0.15) is 17.0 Å². The fourth-order valence-corrected chi connectivity index (χ4v) is 5.17. The monoisotopic (exact) mass is 499 g/mol. The molecule has 0 atom stereocenters. The highest BCUT2D eigenvalue weighted by Crippen LogP contribution is 2.33. The molecule has 11 heteroatoms. The Morgan fingerprint density at radius 1 is 1.28 bits per heavy atom. The van der Waals surface area contributed by atoms with Crippen LogP contribution in [0.3, 0.4) is 0 Å². The van der Waals surface area contributed by atoms with Crippen LogP contribution < -0.4 is 10.6 Å². The minimum atomic E-state index is -2.58. The lowest BCUT2D eigenvalue weighted by molar-refractivity contribution is -0.121. The summed E-state index contributed by atoms with van der Waals surface area (Å²) in [5, 5.41) is 7.11. The molecule has 1 fully saturated rings. The summed E-state index contributed by atoms with van der Waals surface area (Å²) >= 11 is 0. The van der Waals surface area contributed by atoms with E-state index in [9.17, 15) is 18.0 Å². The van der Waals surface area contributed by atoms with Gasteiger partial charge in [0.05, 0.1) is 12.1 Å². The number of nitrogens with one attached hydrogen (secondary N) is 3. The zero-order valence-electron chi connectivity index (χ0n) is 20.3. The number of carbonyl (C=O) groups excluding carboxylic acids is 1. The predicted molar refractivity (Wildman–Crippen MR) is 131 cm³/mol. The molecule has 3 aromatic heterocycles. The van der Waals surface area contributed by atoms with Crippen LogP contribution in [0.2, 0.25) is 0 Å². The van der Waals surface area contributed by atoms with Crippen LogP contribution in [0.25, 0.3) is 33.2 Å². The molecule has 0 bridgehead atoms. The summed E-state index contributed by atoms with van der Waals surface area (Å²) in [6, 6.07) is 3.21. The van der Waals surface area contributed by atoms with Crippen LogP contribution in [0.5, 0.6) is 0 Å². The van der Waals surface area contributed by atoms with Crippen molar-refractivity contribution in [3.05, 3.63) is 36.2 Å². The zero-order valence-corrected chi connectivity index (χ0v) is 20.3. The van der Waals surface area contributed by atoms with E-state index in [4.69, 9.17) is 0 Å². The maximum atomic E-state index is 14.9. The molecule has 4 aromatic rings. The number of amides is 1. The third-order valence-electron chi connectivity index (χ3n) is 6.96. The van der Waals surface area contributed by atoms with Crippen molar-refractivity contribution in [2.75, 3.05) is 5.32 Å². The fraction of sp³-hybridized carbons (Fsp3) is 0.440. The zero-order chi connectivity index (χ0) is 25.6. The number of hydrogen-bond donors (Lipinski definition) is 3. The highest BCUT2D eigenvalue weighted by Gasteiger charge is 2.32. The van der Waals surface area contributed by atoms with Crippen LogP contribution in [0.15, 0.2) is 24.5 Å². The summed E-state index contributed by atoms with van der Waals surface area (Å²) in [6.45, 7) is 4.63. The summed E-state index contributed by atoms with van der Waals surface area (Å²) in [7, 11) is 0. The summed E-state index contributed by atoms with van der Waals surface area (Å²) < 4.78 is 42.4. The lowest BCUT2D eigenvalue weighted by Gasteiger charge is -2.38. The van der Waals surface area contributed by atoms with Gasteiger partial charge in [0, 0.05) is 41.8 Å². The predicted octanol–water partition coefficient (Wildman–Crippen LogP) is 4.94. The number of H-pyrrole nitrogens is 1. The van der Waals surface area contributed by atoms with E-state index in [1.165, 1.54) is 17.6 Å². The van der Waals surface area contributed by atoms with Gasteiger partial charge in [-0.1, -0.05) is 0 Å². The third-order valence-corrected chi connectivity index (χ3v) is 6.96. The number of rotatable bonds is 6. The molecule has 3 N–H and O–H groups in total. The van der Waals surface area contributed by atoms with Crippen molar-refractivity contribution >= 4 is 33.9 Å². The SMILES string of the molecule is CC(=O)NC1(C)CCC(Nc2ncc3c(-c4cc(F)c5nc(C)n(CC(F)F)c5c4)c[nH]c3n2)CC1. The van der Waals surface area contributed by atoms with Crippen LogP contribution in [-0.2, 0) is 11.3 Å². The highest BCUT2D eigenvalue weighted by atomic mass is 19.3. The number of aromatic nitrogens is 5. The van der Waals surface area contributed by atoms with E-state index in [1.807, 2.05) is 0 Å². The lowest BCUT2D eigenvalue weighted by Crippen LogP contribution is -2.49. The Balaban J connectivity index is 1.39. The van der Waals surface area contributed by atoms with Crippen LogP contribution in [0, 0.1) is 12.7 Å². The van der Waals surface area contributed by atoms with Gasteiger partial charge >= 0.3 is 0 Å². The average molecular weight is 500 g/mol. The van der Waals surface area contributed by atoms with Crippen LogP contribution in [-0.4, -0.2) is 48.4 Å². The molecule has 0 saturated heterocycles. The average Bonchev–Trinajstić information content (AvgIpc) is 3.36. The second kappa shape index (κ2) is 9.11. The first-order chi connectivity index (χ1) is 17.1. The molecule has 8 nitrogen and oxygen atoms in total. The van der Waals surface area contributed by atoms with Crippen molar-refractivity contribution in [1.82, 2.24) is 29.8 Å². The minimum absolute atomic E-state index is 0.0205. The molecule has 1 amide bonds. The molecule has 0 radical (unpaired) electrons. The maximum Gasteiger partial charge on any atom is 0.256 e. The van der Waals surface area contributed by atoms with Crippen molar-refractivity contribution in [2.45, 2.75) is 71.0 Å². The molecule has 1 aliphatic rings. The van der Waals surface area contributed by atoms with Crippen molar-refractivity contribution in [3.8, 4) is 11.1 Å². The number of fused-ring (bicyclic) bond motifs is 2. The van der Waals surface area contributed by atoms with Crippen molar-refractivity contribution in [2.24, 2.45) is 0 Å². The standard InChI is InChI=1S/C25H28F3N7O/c1-13-31-22-19(26)8-15(9-20(22)35(13)12-21(27)28)17-10-29-23-18(17)11-30-24(33-23)32-16-4-6-25(3,7-5-16)34-14(2)36/h8-11,16,21H,4-7,12H2,1-3H3,(H,34,36)(H2,29,30,32,33). The Kier molecular flexibility index (Phi) is 6.09. The van der Waals surface area contributed by atoms with Crippen LogP contribution >= 0.6 is 0 Å². The maximum absolute atomic E-state index is 14.9. The topological polar surface area (TPSA) is 101 Å². The van der Waals surface area contributed by atoms with Crippen LogP contribution in [0.4, 0.5) is 19.1 Å². The lowest BCUT2D eigenvalue weighted by atomic mass is 9.81. The molecule has 36 heavy (non-hydrogen) atoms. The van der Waals surface area contributed by atoms with Crippen LogP contribution in [0.1, 0.15) is 45.4 Å². The summed E-state index contributed by atoms with van der Waals surface area (Å²) in [6.07, 6.45) is 4.26. The fourth-order valence-electron chi connectivity index (χ4n) is 5.17. The number of carbonyl (C=O) groups is 1. The molecule has 0 spiro atoms. The number of alkyl halides is 2. The number of halogens is 3. The number of hydrogen-bond acceptors (Lipinski definition) is 5. The van der Waals surface area contributed by atoms with E-state index in [0.717, 1.165) is 25.7 Å². The number of imidazole rings is 1.